The Balaban J connectivity index is 1.55. The van der Waals surface area contributed by atoms with Crippen molar-refractivity contribution in [3.8, 4) is 16.9 Å². The third-order valence-corrected chi connectivity index (χ3v) is 6.35. The van der Waals surface area contributed by atoms with Crippen LogP contribution in [0.25, 0.3) is 16.9 Å². The lowest BCUT2D eigenvalue weighted by Gasteiger charge is -2.10. The minimum atomic E-state index is -4.52. The molecule has 11 heteroatoms. The van der Waals surface area contributed by atoms with Gasteiger partial charge in [0.15, 0.2) is 9.84 Å². The lowest BCUT2D eigenvalue weighted by Crippen LogP contribution is -2.28. The SMILES string of the molecule is CS(=O)(=O)c1ccc(-n2nc(CNC(=O)Nc3cccc(C(F)(F)F)c3)cc2-c2ccccc2)cc1. The van der Waals surface area contributed by atoms with E-state index < -0.39 is 27.6 Å². The lowest BCUT2D eigenvalue weighted by atomic mass is 10.1. The number of nitrogens with zero attached hydrogens (tertiary/aromatic N) is 2. The maximum atomic E-state index is 12.9. The van der Waals surface area contributed by atoms with Gasteiger partial charge in [-0.1, -0.05) is 36.4 Å². The number of rotatable bonds is 6. The summed E-state index contributed by atoms with van der Waals surface area (Å²) in [5.41, 5.74) is 1.79. The van der Waals surface area contributed by atoms with Crippen LogP contribution in [0.3, 0.4) is 0 Å². The molecule has 36 heavy (non-hydrogen) atoms. The Labute approximate surface area is 205 Å². The fraction of sp³-hybridized carbons (Fsp3) is 0.120. The predicted octanol–water partition coefficient (Wildman–Crippen LogP) is 5.28. The first-order valence-electron chi connectivity index (χ1n) is 10.7. The van der Waals surface area contributed by atoms with Crippen LogP contribution in [0.4, 0.5) is 23.7 Å². The van der Waals surface area contributed by atoms with Gasteiger partial charge in [0.2, 0.25) is 0 Å². The first-order valence-corrected chi connectivity index (χ1v) is 12.6. The van der Waals surface area contributed by atoms with Crippen molar-refractivity contribution in [2.75, 3.05) is 11.6 Å². The molecule has 0 aliphatic carbocycles. The molecule has 0 atom stereocenters. The van der Waals surface area contributed by atoms with Gasteiger partial charge in [0, 0.05) is 17.5 Å². The van der Waals surface area contributed by atoms with Gasteiger partial charge in [-0.25, -0.2) is 17.9 Å². The van der Waals surface area contributed by atoms with Crippen LogP contribution in [0.2, 0.25) is 0 Å². The molecule has 0 radical (unpaired) electrons. The molecule has 0 aliphatic heterocycles. The number of halogens is 3. The molecule has 0 saturated heterocycles. The van der Waals surface area contributed by atoms with Gasteiger partial charge in [-0.15, -0.1) is 0 Å². The molecule has 4 aromatic rings. The van der Waals surface area contributed by atoms with E-state index in [0.717, 1.165) is 24.0 Å². The van der Waals surface area contributed by atoms with E-state index in [2.05, 4.69) is 15.7 Å². The highest BCUT2D eigenvalue weighted by atomic mass is 32.2. The van der Waals surface area contributed by atoms with Gasteiger partial charge < -0.3 is 10.6 Å². The monoisotopic (exact) mass is 514 g/mol. The summed E-state index contributed by atoms with van der Waals surface area (Å²) in [6.07, 6.45) is -3.39. The number of carbonyl (C=O) groups excluding carboxylic acids is 1. The van der Waals surface area contributed by atoms with Crippen LogP contribution in [0.1, 0.15) is 11.3 Å². The number of alkyl halides is 3. The van der Waals surface area contributed by atoms with Gasteiger partial charge in [0.1, 0.15) is 0 Å². The molecule has 7 nitrogen and oxygen atoms in total. The maximum absolute atomic E-state index is 12.9. The van der Waals surface area contributed by atoms with Gasteiger partial charge in [-0.2, -0.15) is 18.3 Å². The topological polar surface area (TPSA) is 93.1 Å². The fourth-order valence-corrected chi connectivity index (χ4v) is 4.11. The van der Waals surface area contributed by atoms with Crippen LogP contribution in [0, 0.1) is 0 Å². The van der Waals surface area contributed by atoms with Crippen molar-refractivity contribution < 1.29 is 26.4 Å². The summed E-state index contributed by atoms with van der Waals surface area (Å²) in [5.74, 6) is 0. The van der Waals surface area contributed by atoms with Crippen LogP contribution in [-0.2, 0) is 22.6 Å². The minimum absolute atomic E-state index is 0.000941. The molecular weight excluding hydrogens is 493 g/mol. The van der Waals surface area contributed by atoms with Gasteiger partial charge in [0.25, 0.3) is 0 Å². The van der Waals surface area contributed by atoms with E-state index in [9.17, 15) is 26.4 Å². The molecule has 186 valence electrons. The van der Waals surface area contributed by atoms with Gasteiger partial charge in [-0.3, -0.25) is 0 Å². The molecule has 2 amide bonds. The molecule has 0 bridgehead atoms. The first-order chi connectivity index (χ1) is 17.0. The summed E-state index contributed by atoms with van der Waals surface area (Å²) in [6, 6.07) is 21.0. The van der Waals surface area contributed by atoms with Crippen molar-refractivity contribution in [1.29, 1.82) is 0 Å². The van der Waals surface area contributed by atoms with Gasteiger partial charge in [-0.05, 0) is 48.5 Å². The molecule has 0 unspecified atom stereocenters. The first kappa shape index (κ1) is 25.0. The number of nitrogens with one attached hydrogen (secondary N) is 2. The lowest BCUT2D eigenvalue weighted by molar-refractivity contribution is -0.137. The molecule has 0 saturated carbocycles. The summed E-state index contributed by atoms with van der Waals surface area (Å²) >= 11 is 0. The third-order valence-electron chi connectivity index (χ3n) is 5.22. The second-order valence-corrected chi connectivity index (χ2v) is 9.97. The number of amides is 2. The van der Waals surface area contributed by atoms with Crippen molar-refractivity contribution in [3.63, 3.8) is 0 Å². The summed E-state index contributed by atoms with van der Waals surface area (Å²) in [4.78, 5) is 12.5. The highest BCUT2D eigenvalue weighted by Crippen LogP contribution is 2.30. The quantitative estimate of drug-likeness (QED) is 0.366. The second-order valence-electron chi connectivity index (χ2n) is 7.95. The molecule has 1 aromatic heterocycles. The number of hydrogen-bond acceptors (Lipinski definition) is 4. The number of anilines is 1. The normalized spacial score (nSPS) is 11.8. The van der Waals surface area contributed by atoms with Crippen LogP contribution in [0.15, 0.2) is 89.8 Å². The van der Waals surface area contributed by atoms with Gasteiger partial charge in [0.05, 0.1) is 34.1 Å². The Bertz CT molecular complexity index is 1480. The number of carbonyl (C=O) groups is 1. The average Bonchev–Trinajstić information content (AvgIpc) is 3.27. The molecular formula is C25H21F3N4O3S. The highest BCUT2D eigenvalue weighted by molar-refractivity contribution is 7.90. The number of sulfone groups is 1. The number of urea groups is 1. The highest BCUT2D eigenvalue weighted by Gasteiger charge is 2.30. The molecule has 0 spiro atoms. The predicted molar refractivity (Wildman–Crippen MR) is 129 cm³/mol. The molecule has 2 N–H and O–H groups in total. The Morgan fingerprint density at radius 3 is 2.28 bits per heavy atom. The summed E-state index contributed by atoms with van der Waals surface area (Å²) < 4.78 is 63.9. The Hall–Kier alpha value is -4.12. The Kier molecular flexibility index (Phi) is 6.84. The van der Waals surface area contributed by atoms with E-state index in [-0.39, 0.29) is 17.1 Å². The summed E-state index contributed by atoms with van der Waals surface area (Å²) in [6.45, 7) is -0.000941. The third kappa shape index (κ3) is 5.92. The second kappa shape index (κ2) is 9.86. The standard InChI is InChI=1S/C25H21F3N4O3S/c1-36(34,35)22-12-10-21(11-13-22)32-23(17-6-3-2-4-7-17)15-20(31-32)16-29-24(33)30-19-9-5-8-18(14-19)25(26,27)28/h2-15H,16H2,1H3,(H2,29,30,33). The largest absolute Gasteiger partial charge is 0.416 e. The van der Waals surface area contributed by atoms with Crippen LogP contribution >= 0.6 is 0 Å². The average molecular weight is 515 g/mol. The molecule has 0 fully saturated rings. The van der Waals surface area contributed by atoms with E-state index in [0.29, 0.717) is 17.1 Å². The van der Waals surface area contributed by atoms with Crippen molar-refractivity contribution in [2.24, 2.45) is 0 Å². The molecule has 1 heterocycles. The maximum Gasteiger partial charge on any atom is 0.416 e. The van der Waals surface area contributed by atoms with Crippen LogP contribution < -0.4 is 10.6 Å². The van der Waals surface area contributed by atoms with Gasteiger partial charge >= 0.3 is 12.2 Å². The van der Waals surface area contributed by atoms with Crippen molar-refractivity contribution >= 4 is 21.6 Å². The fourth-order valence-electron chi connectivity index (χ4n) is 3.48. The summed E-state index contributed by atoms with van der Waals surface area (Å²) in [7, 11) is -3.36. The van der Waals surface area contributed by atoms with E-state index in [1.165, 1.54) is 24.3 Å². The minimum Gasteiger partial charge on any atom is -0.332 e. The van der Waals surface area contributed by atoms with Crippen molar-refractivity contribution in [3.05, 3.63) is 96.2 Å². The smallest absolute Gasteiger partial charge is 0.332 e. The van der Waals surface area contributed by atoms with E-state index in [1.54, 1.807) is 22.9 Å². The zero-order valence-electron chi connectivity index (χ0n) is 19.0. The number of aromatic nitrogens is 2. The van der Waals surface area contributed by atoms with E-state index in [1.807, 2.05) is 30.3 Å². The summed E-state index contributed by atoms with van der Waals surface area (Å²) in [5, 5.41) is 9.53. The zero-order chi connectivity index (χ0) is 25.9. The molecule has 4 rings (SSSR count). The molecule has 0 aliphatic rings. The van der Waals surface area contributed by atoms with Crippen LogP contribution in [0.5, 0.6) is 0 Å². The molecule has 3 aromatic carbocycles. The Morgan fingerprint density at radius 1 is 0.944 bits per heavy atom. The van der Waals surface area contributed by atoms with Crippen LogP contribution in [-0.4, -0.2) is 30.5 Å². The van der Waals surface area contributed by atoms with Crippen molar-refractivity contribution in [2.45, 2.75) is 17.6 Å². The van der Waals surface area contributed by atoms with E-state index in [4.69, 9.17) is 0 Å². The van der Waals surface area contributed by atoms with Crippen molar-refractivity contribution in [1.82, 2.24) is 15.1 Å². The number of hydrogen-bond donors (Lipinski definition) is 2. The Morgan fingerprint density at radius 2 is 1.64 bits per heavy atom. The van der Waals surface area contributed by atoms with E-state index >= 15 is 0 Å². The number of benzene rings is 3. The zero-order valence-corrected chi connectivity index (χ0v) is 19.8.